The second-order valence-electron chi connectivity index (χ2n) is 8.94. The third-order valence-electron chi connectivity index (χ3n) is 6.92. The number of hydrogen-bond donors (Lipinski definition) is 0. The minimum absolute atomic E-state index is 0.0516. The molecule has 0 N–H and O–H groups in total. The minimum atomic E-state index is -0.449. The zero-order chi connectivity index (χ0) is 22.9. The predicted octanol–water partition coefficient (Wildman–Crippen LogP) is 2.90. The molecule has 33 heavy (non-hydrogen) atoms. The molecule has 0 saturated heterocycles. The van der Waals surface area contributed by atoms with Gasteiger partial charge in [0.2, 0.25) is 0 Å². The third-order valence-corrected chi connectivity index (χ3v) is 6.92. The quantitative estimate of drug-likeness (QED) is 0.556. The van der Waals surface area contributed by atoms with Crippen LogP contribution in [0.2, 0.25) is 0 Å². The van der Waals surface area contributed by atoms with Crippen molar-refractivity contribution < 1.29 is 14.3 Å². The number of rotatable bonds is 5. The number of pyridine rings is 1. The van der Waals surface area contributed by atoms with Crippen LogP contribution >= 0.6 is 0 Å². The summed E-state index contributed by atoms with van der Waals surface area (Å²) in [6.45, 7) is 2.58. The summed E-state index contributed by atoms with van der Waals surface area (Å²) in [6.07, 6.45) is 4.73. The molecule has 1 fully saturated rings. The summed E-state index contributed by atoms with van der Waals surface area (Å²) in [5, 5.41) is 0. The molecule has 1 aliphatic carbocycles. The average molecular weight is 451 g/mol. The van der Waals surface area contributed by atoms with E-state index in [0.717, 1.165) is 42.5 Å². The van der Waals surface area contributed by atoms with E-state index >= 15 is 0 Å². The first kappa shape index (κ1) is 21.7. The molecule has 2 aliphatic rings. The molecular formula is C25H30N4O4. The summed E-state index contributed by atoms with van der Waals surface area (Å²) >= 11 is 0. The number of esters is 1. The van der Waals surface area contributed by atoms with E-state index in [1.807, 2.05) is 25.2 Å². The number of hydrogen-bond acceptors (Lipinski definition) is 6. The normalized spacial score (nSPS) is 17.2. The molecule has 8 heteroatoms. The second kappa shape index (κ2) is 9.02. The van der Waals surface area contributed by atoms with E-state index in [2.05, 4.69) is 15.5 Å². The predicted molar refractivity (Wildman–Crippen MR) is 125 cm³/mol. The van der Waals surface area contributed by atoms with Crippen LogP contribution in [0.4, 0.5) is 0 Å². The highest BCUT2D eigenvalue weighted by Gasteiger charge is 2.28. The van der Waals surface area contributed by atoms with Crippen molar-refractivity contribution in [3.8, 4) is 5.75 Å². The van der Waals surface area contributed by atoms with Gasteiger partial charge in [-0.25, -0.2) is 9.78 Å². The highest BCUT2D eigenvalue weighted by Crippen LogP contribution is 2.29. The summed E-state index contributed by atoms with van der Waals surface area (Å²) in [7, 11) is 3.41. The van der Waals surface area contributed by atoms with Gasteiger partial charge in [0.15, 0.2) is 0 Å². The Kier molecular flexibility index (Phi) is 5.93. The lowest BCUT2D eigenvalue weighted by molar-refractivity contribution is 0.0590. The Bertz CT molecular complexity index is 1240. The van der Waals surface area contributed by atoms with Crippen LogP contribution in [0.1, 0.15) is 47.6 Å². The van der Waals surface area contributed by atoms with Crippen molar-refractivity contribution in [1.29, 1.82) is 0 Å². The van der Waals surface area contributed by atoms with Crippen LogP contribution in [-0.4, -0.2) is 51.3 Å². The van der Waals surface area contributed by atoms with Crippen LogP contribution in [0, 0.1) is 0 Å². The lowest BCUT2D eigenvalue weighted by atomic mass is 10.1. The van der Waals surface area contributed by atoms with Gasteiger partial charge in [0, 0.05) is 44.9 Å². The van der Waals surface area contributed by atoms with E-state index in [1.54, 1.807) is 4.57 Å². The Morgan fingerprint density at radius 3 is 2.70 bits per heavy atom. The fourth-order valence-corrected chi connectivity index (χ4v) is 5.09. The number of aryl methyl sites for hydroxylation is 1. The largest absolute Gasteiger partial charge is 0.489 e. The van der Waals surface area contributed by atoms with Crippen LogP contribution in [0.5, 0.6) is 5.75 Å². The molecule has 174 valence electrons. The molecule has 1 aliphatic heterocycles. The molecule has 0 spiro atoms. The zero-order valence-corrected chi connectivity index (χ0v) is 19.2. The monoisotopic (exact) mass is 450 g/mol. The molecule has 3 heterocycles. The SMILES string of the molecule is COC(=O)c1c(OC2CCCC2)cc(=O)n2c1CCN(Cc1nc3ccccc3n1C)CC2. The van der Waals surface area contributed by atoms with E-state index in [9.17, 15) is 9.59 Å². The summed E-state index contributed by atoms with van der Waals surface area (Å²) in [5.74, 6) is 0.900. The van der Waals surface area contributed by atoms with Crippen LogP contribution in [0.25, 0.3) is 11.0 Å². The molecule has 3 aromatic rings. The first-order valence-corrected chi connectivity index (χ1v) is 11.7. The molecular weight excluding hydrogens is 420 g/mol. The number of aromatic nitrogens is 3. The van der Waals surface area contributed by atoms with Crippen molar-refractivity contribution in [2.45, 2.75) is 51.3 Å². The van der Waals surface area contributed by atoms with Gasteiger partial charge in [-0.1, -0.05) is 12.1 Å². The van der Waals surface area contributed by atoms with Gasteiger partial charge in [-0.2, -0.15) is 0 Å². The maximum absolute atomic E-state index is 13.0. The van der Waals surface area contributed by atoms with Crippen molar-refractivity contribution in [3.05, 3.63) is 57.8 Å². The molecule has 1 aromatic carbocycles. The first-order chi connectivity index (χ1) is 16.0. The van der Waals surface area contributed by atoms with E-state index in [-0.39, 0.29) is 11.7 Å². The van der Waals surface area contributed by atoms with Gasteiger partial charge in [0.05, 0.1) is 30.8 Å². The van der Waals surface area contributed by atoms with Crippen LogP contribution < -0.4 is 10.3 Å². The van der Waals surface area contributed by atoms with Gasteiger partial charge in [0.1, 0.15) is 17.1 Å². The summed E-state index contributed by atoms with van der Waals surface area (Å²) in [4.78, 5) is 32.9. The first-order valence-electron chi connectivity index (χ1n) is 11.7. The van der Waals surface area contributed by atoms with Crippen LogP contribution in [0.15, 0.2) is 35.1 Å². The molecule has 0 amide bonds. The molecule has 0 radical (unpaired) electrons. The van der Waals surface area contributed by atoms with E-state index in [1.165, 1.54) is 13.2 Å². The lowest BCUT2D eigenvalue weighted by Gasteiger charge is -2.20. The Balaban J connectivity index is 1.43. The fourth-order valence-electron chi connectivity index (χ4n) is 5.09. The maximum atomic E-state index is 13.0. The number of methoxy groups -OCH3 is 1. The smallest absolute Gasteiger partial charge is 0.343 e. The molecule has 0 unspecified atom stereocenters. The van der Waals surface area contributed by atoms with Gasteiger partial charge in [-0.3, -0.25) is 9.69 Å². The summed E-state index contributed by atoms with van der Waals surface area (Å²) in [5.41, 5.74) is 3.05. The molecule has 1 saturated carbocycles. The number of carbonyl (C=O) groups excluding carboxylic acids is 1. The van der Waals surface area contributed by atoms with E-state index < -0.39 is 5.97 Å². The number of ether oxygens (including phenoxy) is 2. The number of para-hydroxylation sites is 2. The second-order valence-corrected chi connectivity index (χ2v) is 8.94. The Morgan fingerprint density at radius 1 is 1.15 bits per heavy atom. The highest BCUT2D eigenvalue weighted by molar-refractivity contribution is 5.93. The summed E-state index contributed by atoms with van der Waals surface area (Å²) < 4.78 is 15.1. The maximum Gasteiger partial charge on any atom is 0.343 e. The van der Waals surface area contributed by atoms with Crippen molar-refractivity contribution in [2.75, 3.05) is 20.2 Å². The Hall–Kier alpha value is -3.13. The van der Waals surface area contributed by atoms with Gasteiger partial charge >= 0.3 is 5.97 Å². The highest BCUT2D eigenvalue weighted by atomic mass is 16.5. The molecule has 5 rings (SSSR count). The summed E-state index contributed by atoms with van der Waals surface area (Å²) in [6, 6.07) is 9.56. The molecule has 0 atom stereocenters. The van der Waals surface area contributed by atoms with Crippen LogP contribution in [0.3, 0.4) is 0 Å². The Labute approximate surface area is 192 Å². The van der Waals surface area contributed by atoms with E-state index in [4.69, 9.17) is 14.5 Å². The standard InChI is InChI=1S/C25H30N4O4/c1-27-19-10-6-5-9-18(19)26-22(27)16-28-12-11-20-24(25(31)32-2)21(33-17-7-3-4-8-17)15-23(30)29(20)14-13-28/h5-6,9-10,15,17H,3-4,7-8,11-14,16H2,1-2H3. The number of nitrogens with zero attached hydrogens (tertiary/aromatic N) is 4. The Morgan fingerprint density at radius 2 is 1.94 bits per heavy atom. The molecule has 0 bridgehead atoms. The van der Waals surface area contributed by atoms with Gasteiger partial charge < -0.3 is 18.6 Å². The third kappa shape index (κ3) is 4.15. The number of carbonyl (C=O) groups is 1. The van der Waals surface area contributed by atoms with Gasteiger partial charge in [-0.15, -0.1) is 0 Å². The van der Waals surface area contributed by atoms with Crippen molar-refractivity contribution in [3.63, 3.8) is 0 Å². The van der Waals surface area contributed by atoms with Crippen molar-refractivity contribution in [2.24, 2.45) is 7.05 Å². The molecule has 2 aromatic heterocycles. The number of imidazole rings is 1. The topological polar surface area (TPSA) is 78.6 Å². The molecule has 8 nitrogen and oxygen atoms in total. The zero-order valence-electron chi connectivity index (χ0n) is 19.2. The van der Waals surface area contributed by atoms with Crippen molar-refractivity contribution >= 4 is 17.0 Å². The fraction of sp³-hybridized carbons (Fsp3) is 0.480. The number of fused-ring (bicyclic) bond motifs is 2. The van der Waals surface area contributed by atoms with Gasteiger partial charge in [0.25, 0.3) is 5.56 Å². The van der Waals surface area contributed by atoms with Crippen molar-refractivity contribution in [1.82, 2.24) is 19.0 Å². The van der Waals surface area contributed by atoms with Crippen LogP contribution in [-0.2, 0) is 31.3 Å². The average Bonchev–Trinajstić information content (AvgIpc) is 3.37. The van der Waals surface area contributed by atoms with Gasteiger partial charge in [-0.05, 0) is 37.8 Å². The minimum Gasteiger partial charge on any atom is -0.489 e. The van der Waals surface area contributed by atoms with E-state index in [0.29, 0.717) is 49.6 Å². The lowest BCUT2D eigenvalue weighted by Crippen LogP contribution is -2.30. The number of benzene rings is 1.